The van der Waals surface area contributed by atoms with Crippen LogP contribution in [0.1, 0.15) is 26.7 Å². The fourth-order valence-electron chi connectivity index (χ4n) is 1.43. The minimum Gasteiger partial charge on any atom is -0.375 e. The molecule has 1 heterocycles. The van der Waals surface area contributed by atoms with Gasteiger partial charge < -0.3 is 4.74 Å². The Hall–Kier alpha value is -0.130. The van der Waals surface area contributed by atoms with Crippen molar-refractivity contribution in [2.75, 3.05) is 6.61 Å². The van der Waals surface area contributed by atoms with Gasteiger partial charge in [-0.2, -0.15) is 8.42 Å². The van der Waals surface area contributed by atoms with Crippen molar-refractivity contribution in [3.8, 4) is 0 Å². The maximum atomic E-state index is 10.8. The van der Waals surface area contributed by atoms with E-state index >= 15 is 0 Å². The first-order valence-electron chi connectivity index (χ1n) is 3.91. The number of hydrogen-bond acceptors (Lipinski definition) is 3. The van der Waals surface area contributed by atoms with Crippen LogP contribution in [0.15, 0.2) is 0 Å². The van der Waals surface area contributed by atoms with Gasteiger partial charge in [0.05, 0.1) is 10.9 Å². The van der Waals surface area contributed by atoms with Crippen molar-refractivity contribution in [2.45, 2.75) is 37.5 Å². The molecule has 1 aliphatic heterocycles. The molecule has 1 saturated heterocycles. The van der Waals surface area contributed by atoms with Gasteiger partial charge in [-0.15, -0.1) is 0 Å². The van der Waals surface area contributed by atoms with Crippen molar-refractivity contribution in [3.63, 3.8) is 0 Å². The summed E-state index contributed by atoms with van der Waals surface area (Å²) in [7, 11) is -3.88. The van der Waals surface area contributed by atoms with Crippen LogP contribution in [-0.2, 0) is 14.9 Å². The topological polar surface area (TPSA) is 63.6 Å². The molecule has 0 saturated carbocycles. The molecule has 1 unspecified atom stereocenters. The molecular weight excluding hydrogens is 180 g/mol. The van der Waals surface area contributed by atoms with E-state index in [2.05, 4.69) is 0 Å². The van der Waals surface area contributed by atoms with Gasteiger partial charge in [-0.05, 0) is 26.7 Å². The Morgan fingerprint density at radius 1 is 1.50 bits per heavy atom. The molecule has 0 radical (unpaired) electrons. The van der Waals surface area contributed by atoms with Crippen LogP contribution in [-0.4, -0.2) is 30.4 Å². The molecule has 1 atom stereocenters. The van der Waals surface area contributed by atoms with E-state index in [1.165, 1.54) is 0 Å². The summed E-state index contributed by atoms with van der Waals surface area (Å²) < 4.78 is 35.7. The Kier molecular flexibility index (Phi) is 2.47. The van der Waals surface area contributed by atoms with Crippen LogP contribution in [0.25, 0.3) is 0 Å². The first-order valence-corrected chi connectivity index (χ1v) is 5.42. The minimum atomic E-state index is -3.88. The normalized spacial score (nSPS) is 30.1. The van der Waals surface area contributed by atoms with Gasteiger partial charge >= 0.3 is 0 Å². The fraction of sp³-hybridized carbons (Fsp3) is 1.00. The first-order chi connectivity index (χ1) is 5.31. The highest BCUT2D eigenvalue weighted by Gasteiger charge is 2.35. The number of ether oxygens (including phenoxy) is 1. The Balaban J connectivity index is 2.71. The monoisotopic (exact) mass is 194 g/mol. The standard InChI is InChI=1S/C7H14O4S/c1-7(2)5-6(3-4-11-7)12(8,9)10/h6H,3-5H2,1-2H3,(H,8,9,10). The predicted molar refractivity (Wildman–Crippen MR) is 44.6 cm³/mol. The quantitative estimate of drug-likeness (QED) is 0.628. The van der Waals surface area contributed by atoms with Crippen LogP contribution in [0.2, 0.25) is 0 Å². The van der Waals surface area contributed by atoms with Crippen LogP contribution in [0.3, 0.4) is 0 Å². The molecule has 1 rings (SSSR count). The molecule has 1 aliphatic rings. The van der Waals surface area contributed by atoms with Crippen molar-refractivity contribution < 1.29 is 17.7 Å². The molecule has 0 bridgehead atoms. The van der Waals surface area contributed by atoms with Gasteiger partial charge in [0.1, 0.15) is 0 Å². The summed E-state index contributed by atoms with van der Waals surface area (Å²) >= 11 is 0. The summed E-state index contributed by atoms with van der Waals surface area (Å²) in [6, 6.07) is 0. The van der Waals surface area contributed by atoms with Crippen LogP contribution < -0.4 is 0 Å². The first kappa shape index (κ1) is 9.95. The third kappa shape index (κ3) is 2.43. The maximum absolute atomic E-state index is 10.8. The Bertz CT molecular complexity index is 255. The van der Waals surface area contributed by atoms with Gasteiger partial charge in [-0.3, -0.25) is 4.55 Å². The van der Waals surface area contributed by atoms with E-state index in [0.717, 1.165) is 0 Å². The van der Waals surface area contributed by atoms with E-state index in [1.54, 1.807) is 0 Å². The van der Waals surface area contributed by atoms with Crippen molar-refractivity contribution >= 4 is 10.1 Å². The molecule has 4 nitrogen and oxygen atoms in total. The highest BCUT2D eigenvalue weighted by atomic mass is 32.2. The summed E-state index contributed by atoms with van der Waals surface area (Å²) in [5.74, 6) is 0. The molecule has 0 amide bonds. The lowest BCUT2D eigenvalue weighted by Gasteiger charge is -2.33. The average molecular weight is 194 g/mol. The molecule has 0 aliphatic carbocycles. The number of rotatable bonds is 1. The molecule has 5 heteroatoms. The van der Waals surface area contributed by atoms with Gasteiger partial charge in [0.2, 0.25) is 0 Å². The average Bonchev–Trinajstić information content (AvgIpc) is 1.83. The zero-order valence-corrected chi connectivity index (χ0v) is 8.10. The predicted octanol–water partition coefficient (Wildman–Crippen LogP) is 0.832. The van der Waals surface area contributed by atoms with E-state index in [-0.39, 0.29) is 0 Å². The van der Waals surface area contributed by atoms with Crippen LogP contribution in [0.5, 0.6) is 0 Å². The van der Waals surface area contributed by atoms with E-state index in [1.807, 2.05) is 13.8 Å². The van der Waals surface area contributed by atoms with Crippen molar-refractivity contribution in [3.05, 3.63) is 0 Å². The van der Waals surface area contributed by atoms with E-state index in [9.17, 15) is 8.42 Å². The molecule has 12 heavy (non-hydrogen) atoms. The summed E-state index contributed by atoms with van der Waals surface area (Å²) in [5, 5.41) is -0.652. The van der Waals surface area contributed by atoms with Gasteiger partial charge in [0.25, 0.3) is 10.1 Å². The maximum Gasteiger partial charge on any atom is 0.267 e. The van der Waals surface area contributed by atoms with E-state index < -0.39 is 21.0 Å². The minimum absolute atomic E-state index is 0.367. The summed E-state index contributed by atoms with van der Waals surface area (Å²) in [6.45, 7) is 4.05. The molecule has 0 aromatic heterocycles. The highest BCUT2D eigenvalue weighted by Crippen LogP contribution is 2.27. The van der Waals surface area contributed by atoms with Crippen molar-refractivity contribution in [1.29, 1.82) is 0 Å². The van der Waals surface area contributed by atoms with Gasteiger partial charge in [-0.25, -0.2) is 0 Å². The second-order valence-electron chi connectivity index (χ2n) is 3.74. The van der Waals surface area contributed by atoms with Gasteiger partial charge in [0, 0.05) is 6.61 Å². The smallest absolute Gasteiger partial charge is 0.267 e. The molecule has 72 valence electrons. The summed E-state index contributed by atoms with van der Waals surface area (Å²) in [6.07, 6.45) is 0.758. The van der Waals surface area contributed by atoms with E-state index in [0.29, 0.717) is 19.4 Å². The largest absolute Gasteiger partial charge is 0.375 e. The Labute approximate surface area is 72.7 Å². The molecule has 0 aromatic carbocycles. The third-order valence-corrected chi connectivity index (χ3v) is 3.32. The lowest BCUT2D eigenvalue weighted by atomic mass is 9.98. The van der Waals surface area contributed by atoms with Gasteiger partial charge in [0.15, 0.2) is 0 Å². The van der Waals surface area contributed by atoms with E-state index in [4.69, 9.17) is 9.29 Å². The number of hydrogen-bond donors (Lipinski definition) is 1. The zero-order valence-electron chi connectivity index (χ0n) is 7.28. The molecule has 0 aromatic rings. The SMILES string of the molecule is CC1(C)CC(S(=O)(=O)O)CCO1. The third-order valence-electron chi connectivity index (χ3n) is 2.07. The summed E-state index contributed by atoms with van der Waals surface area (Å²) in [5.41, 5.74) is -0.432. The zero-order chi connectivity index (χ0) is 9.41. The van der Waals surface area contributed by atoms with Crippen molar-refractivity contribution in [2.24, 2.45) is 0 Å². The Morgan fingerprint density at radius 2 is 2.08 bits per heavy atom. The van der Waals surface area contributed by atoms with Crippen LogP contribution >= 0.6 is 0 Å². The second kappa shape index (κ2) is 2.97. The Morgan fingerprint density at radius 3 is 2.42 bits per heavy atom. The van der Waals surface area contributed by atoms with Crippen LogP contribution in [0.4, 0.5) is 0 Å². The summed E-state index contributed by atoms with van der Waals surface area (Å²) in [4.78, 5) is 0. The second-order valence-corrected chi connectivity index (χ2v) is 5.43. The fourth-order valence-corrected chi connectivity index (χ4v) is 2.44. The molecule has 1 N–H and O–H groups in total. The molecule has 1 fully saturated rings. The van der Waals surface area contributed by atoms with Crippen molar-refractivity contribution in [1.82, 2.24) is 0 Å². The van der Waals surface area contributed by atoms with Crippen LogP contribution in [0, 0.1) is 0 Å². The lowest BCUT2D eigenvalue weighted by Crippen LogP contribution is -2.40. The molecule has 0 spiro atoms. The van der Waals surface area contributed by atoms with Gasteiger partial charge in [-0.1, -0.05) is 0 Å². The molecular formula is C7H14O4S. The highest BCUT2D eigenvalue weighted by molar-refractivity contribution is 7.86. The lowest BCUT2D eigenvalue weighted by molar-refractivity contribution is -0.0503.